The monoisotopic (exact) mass is 329 g/mol. The van der Waals surface area contributed by atoms with E-state index in [9.17, 15) is 4.79 Å². The molecule has 0 aliphatic carbocycles. The first kappa shape index (κ1) is 16.5. The third-order valence-electron chi connectivity index (χ3n) is 4.22. The maximum atomic E-state index is 12.7. The lowest BCUT2D eigenvalue weighted by Crippen LogP contribution is -2.43. The van der Waals surface area contributed by atoms with E-state index in [-0.39, 0.29) is 12.0 Å². The van der Waals surface area contributed by atoms with Crippen LogP contribution in [0.1, 0.15) is 28.7 Å². The fourth-order valence-electron chi connectivity index (χ4n) is 2.96. The molecule has 2 heterocycles. The maximum Gasteiger partial charge on any atom is 0.227 e. The van der Waals surface area contributed by atoms with Gasteiger partial charge in [-0.05, 0) is 19.9 Å². The van der Waals surface area contributed by atoms with Gasteiger partial charge < -0.3 is 19.4 Å². The van der Waals surface area contributed by atoms with Gasteiger partial charge in [-0.1, -0.05) is 17.7 Å². The molecule has 2 aromatic rings. The molecule has 1 fully saturated rings. The molecule has 1 unspecified atom stereocenters. The quantitative estimate of drug-likeness (QED) is 0.933. The van der Waals surface area contributed by atoms with Crippen LogP contribution in [0.15, 0.2) is 24.4 Å². The van der Waals surface area contributed by atoms with Crippen LogP contribution in [0, 0.1) is 13.8 Å². The fraction of sp³-hybridized carbons (Fsp3) is 0.444. The van der Waals surface area contributed by atoms with Crippen molar-refractivity contribution >= 4 is 5.91 Å². The van der Waals surface area contributed by atoms with E-state index in [0.29, 0.717) is 26.1 Å². The molecule has 1 amide bonds. The third kappa shape index (κ3) is 3.59. The Kier molecular flexibility index (Phi) is 4.85. The third-order valence-corrected chi connectivity index (χ3v) is 4.22. The number of hydrogen-bond donors (Lipinski definition) is 1. The van der Waals surface area contributed by atoms with Crippen LogP contribution in [0.2, 0.25) is 0 Å². The number of aryl methyl sites for hydroxylation is 2. The molecule has 1 N–H and O–H groups in total. The number of benzene rings is 1. The van der Waals surface area contributed by atoms with Gasteiger partial charge in [0.25, 0.3) is 0 Å². The molecule has 6 nitrogen and oxygen atoms in total. The lowest BCUT2D eigenvalue weighted by Gasteiger charge is -2.32. The van der Waals surface area contributed by atoms with Gasteiger partial charge in [-0.3, -0.25) is 4.79 Å². The normalized spacial score (nSPS) is 17.8. The van der Waals surface area contributed by atoms with Crippen LogP contribution >= 0.6 is 0 Å². The zero-order valence-corrected chi connectivity index (χ0v) is 14.3. The average Bonchev–Trinajstić information content (AvgIpc) is 3.02. The summed E-state index contributed by atoms with van der Waals surface area (Å²) >= 11 is 0. The molecular weight excluding hydrogens is 306 g/mol. The Morgan fingerprint density at radius 2 is 2.29 bits per heavy atom. The first-order valence-electron chi connectivity index (χ1n) is 8.11. The highest BCUT2D eigenvalue weighted by atomic mass is 16.5. The molecule has 24 heavy (non-hydrogen) atoms. The molecule has 1 saturated heterocycles. The van der Waals surface area contributed by atoms with Crippen LogP contribution in [-0.4, -0.2) is 47.6 Å². The number of methoxy groups -OCH3 is 1. The Morgan fingerprint density at radius 1 is 1.46 bits per heavy atom. The minimum atomic E-state index is -0.198. The molecule has 1 aliphatic heterocycles. The molecular formula is C18H23N3O3. The van der Waals surface area contributed by atoms with Gasteiger partial charge in [-0.15, -0.1) is 0 Å². The zero-order chi connectivity index (χ0) is 17.1. The highest BCUT2D eigenvalue weighted by molar-refractivity contribution is 5.79. The van der Waals surface area contributed by atoms with E-state index in [1.165, 1.54) is 0 Å². The topological polar surface area (TPSA) is 67.4 Å². The lowest BCUT2D eigenvalue weighted by atomic mass is 10.1. The summed E-state index contributed by atoms with van der Waals surface area (Å²) in [6, 6.07) is 5.90. The van der Waals surface area contributed by atoms with Crippen molar-refractivity contribution in [3.8, 4) is 5.75 Å². The maximum absolute atomic E-state index is 12.7. The Labute approximate surface area is 141 Å². The Morgan fingerprint density at radius 3 is 3.00 bits per heavy atom. The summed E-state index contributed by atoms with van der Waals surface area (Å²) in [4.78, 5) is 22.1. The summed E-state index contributed by atoms with van der Waals surface area (Å²) in [5.74, 6) is 1.61. The van der Waals surface area contributed by atoms with Gasteiger partial charge in [0.15, 0.2) is 0 Å². The summed E-state index contributed by atoms with van der Waals surface area (Å²) in [5.41, 5.74) is 3.02. The number of rotatable bonds is 4. The molecule has 0 spiro atoms. The second-order valence-electron chi connectivity index (χ2n) is 6.14. The van der Waals surface area contributed by atoms with Crippen molar-refractivity contribution < 1.29 is 14.3 Å². The number of imidazole rings is 1. The van der Waals surface area contributed by atoms with Crippen molar-refractivity contribution in [3.05, 3.63) is 47.0 Å². The van der Waals surface area contributed by atoms with E-state index in [2.05, 4.69) is 9.97 Å². The number of morpholine rings is 1. The van der Waals surface area contributed by atoms with Crippen LogP contribution in [0.25, 0.3) is 0 Å². The van der Waals surface area contributed by atoms with Crippen LogP contribution in [0.3, 0.4) is 0 Å². The molecule has 1 aromatic carbocycles. The SMILES string of the molecule is COc1ccc(C)cc1CC(=O)N1CCOC(c2ncc(C)[nH]2)C1. The van der Waals surface area contributed by atoms with Gasteiger partial charge in [0.2, 0.25) is 5.91 Å². The van der Waals surface area contributed by atoms with Crippen molar-refractivity contribution in [2.75, 3.05) is 26.8 Å². The smallest absolute Gasteiger partial charge is 0.227 e. The van der Waals surface area contributed by atoms with Gasteiger partial charge >= 0.3 is 0 Å². The standard InChI is InChI=1S/C18H23N3O3/c1-12-4-5-15(23-3)14(8-12)9-17(22)21-6-7-24-16(11-21)18-19-10-13(2)20-18/h4-5,8,10,16H,6-7,9,11H2,1-3H3,(H,19,20). The highest BCUT2D eigenvalue weighted by Gasteiger charge is 2.27. The first-order chi connectivity index (χ1) is 11.6. The van der Waals surface area contributed by atoms with Gasteiger partial charge in [0.1, 0.15) is 17.7 Å². The molecule has 0 bridgehead atoms. The van der Waals surface area contributed by atoms with Crippen molar-refractivity contribution in [2.45, 2.75) is 26.4 Å². The molecule has 128 valence electrons. The number of aromatic amines is 1. The van der Waals surface area contributed by atoms with Gasteiger partial charge in [-0.25, -0.2) is 4.98 Å². The second kappa shape index (κ2) is 7.05. The van der Waals surface area contributed by atoms with Crippen molar-refractivity contribution in [3.63, 3.8) is 0 Å². The Bertz CT molecular complexity index is 726. The fourth-order valence-corrected chi connectivity index (χ4v) is 2.96. The summed E-state index contributed by atoms with van der Waals surface area (Å²) in [6.07, 6.45) is 1.90. The summed E-state index contributed by atoms with van der Waals surface area (Å²) < 4.78 is 11.1. The van der Waals surface area contributed by atoms with Crippen molar-refractivity contribution in [2.24, 2.45) is 0 Å². The highest BCUT2D eigenvalue weighted by Crippen LogP contribution is 2.23. The Balaban J connectivity index is 1.70. The van der Waals surface area contributed by atoms with Crippen LogP contribution < -0.4 is 4.74 Å². The number of amides is 1. The van der Waals surface area contributed by atoms with Crippen LogP contribution in [0.4, 0.5) is 0 Å². The van der Waals surface area contributed by atoms with E-state index in [1.807, 2.05) is 36.9 Å². The number of aromatic nitrogens is 2. The number of ether oxygens (including phenoxy) is 2. The molecule has 0 saturated carbocycles. The van der Waals surface area contributed by atoms with E-state index < -0.39 is 0 Å². The van der Waals surface area contributed by atoms with E-state index >= 15 is 0 Å². The average molecular weight is 329 g/mol. The predicted molar refractivity (Wildman–Crippen MR) is 90.0 cm³/mol. The summed E-state index contributed by atoms with van der Waals surface area (Å²) in [5, 5.41) is 0. The first-order valence-corrected chi connectivity index (χ1v) is 8.11. The van der Waals surface area contributed by atoms with Gasteiger partial charge in [-0.2, -0.15) is 0 Å². The molecule has 6 heteroatoms. The number of nitrogens with one attached hydrogen (secondary N) is 1. The molecule has 1 aromatic heterocycles. The van der Waals surface area contributed by atoms with Gasteiger partial charge in [0.05, 0.1) is 26.7 Å². The largest absolute Gasteiger partial charge is 0.496 e. The number of hydrogen-bond acceptors (Lipinski definition) is 4. The van der Waals surface area contributed by atoms with Crippen molar-refractivity contribution in [1.29, 1.82) is 0 Å². The number of H-pyrrole nitrogens is 1. The molecule has 3 rings (SSSR count). The predicted octanol–water partition coefficient (Wildman–Crippen LogP) is 2.18. The summed E-state index contributed by atoms with van der Waals surface area (Å²) in [7, 11) is 1.63. The number of nitrogens with zero attached hydrogens (tertiary/aromatic N) is 2. The minimum absolute atomic E-state index is 0.0791. The summed E-state index contributed by atoms with van der Waals surface area (Å²) in [6.45, 7) is 5.59. The second-order valence-corrected chi connectivity index (χ2v) is 6.14. The number of carbonyl (C=O) groups excluding carboxylic acids is 1. The minimum Gasteiger partial charge on any atom is -0.496 e. The molecule has 1 atom stereocenters. The lowest BCUT2D eigenvalue weighted by molar-refractivity contribution is -0.138. The number of carbonyl (C=O) groups is 1. The van der Waals surface area contributed by atoms with E-state index in [1.54, 1.807) is 13.3 Å². The zero-order valence-electron chi connectivity index (χ0n) is 14.3. The van der Waals surface area contributed by atoms with E-state index in [4.69, 9.17) is 9.47 Å². The van der Waals surface area contributed by atoms with Crippen LogP contribution in [0.5, 0.6) is 5.75 Å². The van der Waals surface area contributed by atoms with Crippen LogP contribution in [-0.2, 0) is 16.0 Å². The Hall–Kier alpha value is -2.34. The van der Waals surface area contributed by atoms with Crippen molar-refractivity contribution in [1.82, 2.24) is 14.9 Å². The molecule has 1 aliphatic rings. The molecule has 0 radical (unpaired) electrons. The van der Waals surface area contributed by atoms with E-state index in [0.717, 1.165) is 28.4 Å². The van der Waals surface area contributed by atoms with Gasteiger partial charge in [0, 0.05) is 24.0 Å².